The van der Waals surface area contributed by atoms with Crippen molar-refractivity contribution in [1.29, 1.82) is 0 Å². The van der Waals surface area contributed by atoms with Crippen molar-refractivity contribution < 1.29 is 14.7 Å². The Balaban J connectivity index is 1.65. The number of carbonyl (C=O) groups excluding carboxylic acids is 1. The zero-order valence-electron chi connectivity index (χ0n) is 13.8. The smallest absolute Gasteiger partial charge is 0.305 e. The number of anilines is 1. The number of halogens is 2. The number of carboxylic acid groups (broad SMARTS) is 1. The minimum absolute atomic E-state index is 0.0876. The van der Waals surface area contributed by atoms with Crippen LogP contribution in [0.15, 0.2) is 36.8 Å². The highest BCUT2D eigenvalue weighted by Crippen LogP contribution is 2.22. The lowest BCUT2D eigenvalue weighted by Crippen LogP contribution is -2.19. The van der Waals surface area contributed by atoms with Crippen LogP contribution in [0.2, 0.25) is 10.0 Å². The Hall–Kier alpha value is -2.91. The summed E-state index contributed by atoms with van der Waals surface area (Å²) in [7, 11) is 0. The fourth-order valence-corrected chi connectivity index (χ4v) is 2.64. The van der Waals surface area contributed by atoms with Crippen LogP contribution in [0.1, 0.15) is 22.5 Å². The van der Waals surface area contributed by atoms with E-state index in [9.17, 15) is 9.59 Å². The molecule has 0 aliphatic heterocycles. The SMILES string of the molecule is O=C(O)CCn1nccc1C(=O)Nc1ncn(Cc2ccc(Cl)c(Cl)c2)n1. The molecule has 0 spiro atoms. The lowest BCUT2D eigenvalue weighted by molar-refractivity contribution is -0.137. The highest BCUT2D eigenvalue weighted by Gasteiger charge is 2.15. The standard InChI is InChI=1S/C16H14Cl2N6O3/c17-11-2-1-10(7-12(11)18)8-23-9-19-16(22-23)21-15(27)13-3-5-20-24(13)6-4-14(25)26/h1-3,5,7,9H,4,6,8H2,(H,25,26)(H,21,22,27). The molecule has 3 rings (SSSR count). The van der Waals surface area contributed by atoms with Crippen LogP contribution in [-0.4, -0.2) is 41.5 Å². The van der Waals surface area contributed by atoms with Gasteiger partial charge in [0.25, 0.3) is 5.91 Å². The lowest BCUT2D eigenvalue weighted by atomic mass is 10.2. The first-order valence-electron chi connectivity index (χ1n) is 7.80. The van der Waals surface area contributed by atoms with Crippen molar-refractivity contribution in [2.45, 2.75) is 19.5 Å². The second-order valence-electron chi connectivity index (χ2n) is 5.55. The van der Waals surface area contributed by atoms with Gasteiger partial charge in [-0.2, -0.15) is 5.10 Å². The molecule has 2 N–H and O–H groups in total. The highest BCUT2D eigenvalue weighted by atomic mass is 35.5. The Morgan fingerprint density at radius 2 is 2.00 bits per heavy atom. The molecule has 0 aliphatic rings. The molecule has 0 unspecified atom stereocenters. The van der Waals surface area contributed by atoms with Crippen LogP contribution in [0.25, 0.3) is 0 Å². The van der Waals surface area contributed by atoms with Crippen LogP contribution >= 0.6 is 23.2 Å². The summed E-state index contributed by atoms with van der Waals surface area (Å²) in [6.07, 6.45) is 2.76. The van der Waals surface area contributed by atoms with E-state index in [0.29, 0.717) is 16.6 Å². The fraction of sp³-hybridized carbons (Fsp3) is 0.188. The van der Waals surface area contributed by atoms with E-state index in [2.05, 4.69) is 20.5 Å². The number of nitrogens with zero attached hydrogens (tertiary/aromatic N) is 5. The van der Waals surface area contributed by atoms with Gasteiger partial charge in [0.15, 0.2) is 0 Å². The van der Waals surface area contributed by atoms with E-state index >= 15 is 0 Å². The quantitative estimate of drug-likeness (QED) is 0.620. The fourth-order valence-electron chi connectivity index (χ4n) is 2.32. The van der Waals surface area contributed by atoms with Gasteiger partial charge in [-0.1, -0.05) is 29.3 Å². The van der Waals surface area contributed by atoms with Gasteiger partial charge in [0.05, 0.1) is 29.6 Å². The van der Waals surface area contributed by atoms with Gasteiger partial charge in [-0.05, 0) is 23.8 Å². The summed E-state index contributed by atoms with van der Waals surface area (Å²) in [5, 5.41) is 20.4. The maximum absolute atomic E-state index is 12.3. The number of carboxylic acids is 1. The molecule has 9 nitrogen and oxygen atoms in total. The summed E-state index contributed by atoms with van der Waals surface area (Å²) < 4.78 is 2.85. The largest absolute Gasteiger partial charge is 0.481 e. The first kappa shape index (κ1) is 18.9. The Bertz CT molecular complexity index is 984. The number of rotatable bonds is 7. The van der Waals surface area contributed by atoms with Crippen LogP contribution in [0.3, 0.4) is 0 Å². The summed E-state index contributed by atoms with van der Waals surface area (Å²) in [4.78, 5) is 27.1. The summed E-state index contributed by atoms with van der Waals surface area (Å²) in [5.41, 5.74) is 1.09. The van der Waals surface area contributed by atoms with Crippen LogP contribution in [0, 0.1) is 0 Å². The Morgan fingerprint density at radius 1 is 1.19 bits per heavy atom. The monoisotopic (exact) mass is 408 g/mol. The summed E-state index contributed by atoms with van der Waals surface area (Å²) in [6.45, 7) is 0.487. The van der Waals surface area contributed by atoms with Crippen LogP contribution in [0.4, 0.5) is 5.95 Å². The van der Waals surface area contributed by atoms with E-state index in [-0.39, 0.29) is 24.6 Å². The molecule has 0 bridgehead atoms. The Labute approximate surface area is 163 Å². The first-order chi connectivity index (χ1) is 12.9. The number of hydrogen-bond donors (Lipinski definition) is 2. The third kappa shape index (κ3) is 4.83. The second-order valence-corrected chi connectivity index (χ2v) is 6.37. The van der Waals surface area contributed by atoms with Crippen molar-refractivity contribution in [3.63, 3.8) is 0 Å². The van der Waals surface area contributed by atoms with Gasteiger partial charge in [-0.15, -0.1) is 5.10 Å². The van der Waals surface area contributed by atoms with Crippen LogP contribution < -0.4 is 5.32 Å². The third-order valence-electron chi connectivity index (χ3n) is 3.58. The normalized spacial score (nSPS) is 10.7. The number of aromatic nitrogens is 5. The molecule has 0 saturated heterocycles. The van der Waals surface area contributed by atoms with Crippen LogP contribution in [0.5, 0.6) is 0 Å². The molecule has 0 aliphatic carbocycles. The van der Waals surface area contributed by atoms with E-state index in [1.807, 2.05) is 6.07 Å². The molecule has 27 heavy (non-hydrogen) atoms. The van der Waals surface area contributed by atoms with Gasteiger partial charge < -0.3 is 5.11 Å². The predicted octanol–water partition coefficient (Wildman–Crippen LogP) is 2.56. The number of benzene rings is 1. The minimum atomic E-state index is -0.973. The van der Waals surface area contributed by atoms with E-state index in [4.69, 9.17) is 28.3 Å². The molecule has 140 valence electrons. The Morgan fingerprint density at radius 3 is 2.74 bits per heavy atom. The molecule has 0 atom stereocenters. The highest BCUT2D eigenvalue weighted by molar-refractivity contribution is 6.42. The maximum Gasteiger partial charge on any atom is 0.305 e. The molecule has 1 aromatic carbocycles. The van der Waals surface area contributed by atoms with Gasteiger partial charge in [0.1, 0.15) is 12.0 Å². The molecule has 2 heterocycles. The zero-order valence-corrected chi connectivity index (χ0v) is 15.4. The second kappa shape index (κ2) is 8.19. The van der Waals surface area contributed by atoms with Gasteiger partial charge in [-0.25, -0.2) is 9.67 Å². The summed E-state index contributed by atoms with van der Waals surface area (Å²) in [5.74, 6) is -1.34. The van der Waals surface area contributed by atoms with E-state index < -0.39 is 11.9 Å². The maximum atomic E-state index is 12.3. The number of amides is 1. The van der Waals surface area contributed by atoms with Crippen molar-refractivity contribution in [1.82, 2.24) is 24.5 Å². The molecular formula is C16H14Cl2N6O3. The average molecular weight is 409 g/mol. The van der Waals surface area contributed by atoms with Crippen molar-refractivity contribution in [3.8, 4) is 0 Å². The van der Waals surface area contributed by atoms with Gasteiger partial charge in [-0.3, -0.25) is 19.6 Å². The molecular weight excluding hydrogens is 395 g/mol. The number of hydrogen-bond acceptors (Lipinski definition) is 5. The first-order valence-corrected chi connectivity index (χ1v) is 8.56. The molecule has 3 aromatic rings. The van der Waals surface area contributed by atoms with Gasteiger partial charge >= 0.3 is 5.97 Å². The summed E-state index contributed by atoms with van der Waals surface area (Å²) >= 11 is 11.9. The molecule has 0 fully saturated rings. The van der Waals surface area contributed by atoms with Gasteiger partial charge in [0, 0.05) is 6.20 Å². The topological polar surface area (TPSA) is 115 Å². The van der Waals surface area contributed by atoms with Crippen molar-refractivity contribution in [2.75, 3.05) is 5.32 Å². The Kier molecular flexibility index (Phi) is 5.72. The lowest BCUT2D eigenvalue weighted by Gasteiger charge is -2.05. The van der Waals surface area contributed by atoms with Crippen molar-refractivity contribution in [3.05, 3.63) is 58.1 Å². The molecule has 11 heteroatoms. The van der Waals surface area contributed by atoms with Crippen LogP contribution in [-0.2, 0) is 17.9 Å². The summed E-state index contributed by atoms with van der Waals surface area (Å²) in [6, 6.07) is 6.72. The van der Waals surface area contributed by atoms with E-state index in [0.717, 1.165) is 5.56 Å². The number of carbonyl (C=O) groups is 2. The predicted molar refractivity (Wildman–Crippen MR) is 98.0 cm³/mol. The molecule has 0 radical (unpaired) electrons. The molecule has 1 amide bonds. The average Bonchev–Trinajstić information content (AvgIpc) is 3.25. The minimum Gasteiger partial charge on any atom is -0.481 e. The van der Waals surface area contributed by atoms with E-state index in [1.54, 1.807) is 12.1 Å². The molecule has 2 aromatic heterocycles. The van der Waals surface area contributed by atoms with Crippen molar-refractivity contribution in [2.24, 2.45) is 0 Å². The number of aryl methyl sites for hydroxylation is 1. The third-order valence-corrected chi connectivity index (χ3v) is 4.32. The van der Waals surface area contributed by atoms with E-state index in [1.165, 1.54) is 28.0 Å². The molecule has 0 saturated carbocycles. The zero-order chi connectivity index (χ0) is 19.4. The van der Waals surface area contributed by atoms with Gasteiger partial charge in [0.2, 0.25) is 5.95 Å². The van der Waals surface area contributed by atoms with Crippen molar-refractivity contribution >= 4 is 41.0 Å². The number of aliphatic carboxylic acids is 1. The number of nitrogens with one attached hydrogen (secondary N) is 1.